The maximum atomic E-state index is 11.8. The average molecular weight is 623 g/mol. The number of hydrogen-bond acceptors (Lipinski definition) is 6. The molecule has 6 nitrogen and oxygen atoms in total. The molecule has 4 aromatic carbocycles. The zero-order valence-electron chi connectivity index (χ0n) is 29.1. The summed E-state index contributed by atoms with van der Waals surface area (Å²) in [6.07, 6.45) is 1.27. The lowest BCUT2D eigenvalue weighted by Crippen LogP contribution is -2.14. The second-order valence-corrected chi connectivity index (χ2v) is 15.5. The van der Waals surface area contributed by atoms with Crippen molar-refractivity contribution in [1.29, 1.82) is 0 Å². The van der Waals surface area contributed by atoms with E-state index in [0.29, 0.717) is 47.9 Å². The van der Waals surface area contributed by atoms with Gasteiger partial charge in [-0.1, -0.05) is 65.8 Å². The Balaban J connectivity index is 1.86. The molecule has 0 unspecified atom stereocenters. The van der Waals surface area contributed by atoms with E-state index >= 15 is 0 Å². The molecule has 4 aromatic rings. The summed E-state index contributed by atoms with van der Waals surface area (Å²) in [4.78, 5) is 4.02. The van der Waals surface area contributed by atoms with Crippen LogP contribution in [-0.4, -0.2) is 48.6 Å². The van der Waals surface area contributed by atoms with Crippen LogP contribution in [0.25, 0.3) is 0 Å². The highest BCUT2D eigenvalue weighted by atomic mass is 16.3. The van der Waals surface area contributed by atoms with Gasteiger partial charge in [-0.25, -0.2) is 0 Å². The SMILES string of the molecule is CN(C)c1cc2c(O)c(c1)Cc1cc(C(C)(C)C)cc(c1O)Cc1cc(N(C)C)cc(c1O)Cc1cc(C(C)(C)C)cc(c1O)C2. The lowest BCUT2D eigenvalue weighted by molar-refractivity contribution is 0.449. The van der Waals surface area contributed by atoms with Crippen molar-refractivity contribution in [3.63, 3.8) is 0 Å². The minimum absolute atomic E-state index is 0.167. The van der Waals surface area contributed by atoms with E-state index in [1.165, 1.54) is 0 Å². The van der Waals surface area contributed by atoms with E-state index in [1.807, 2.05) is 86.5 Å². The van der Waals surface area contributed by atoms with Crippen LogP contribution in [0, 0.1) is 0 Å². The van der Waals surface area contributed by atoms with Crippen LogP contribution < -0.4 is 9.80 Å². The summed E-state index contributed by atoms with van der Waals surface area (Å²) in [7, 11) is 7.89. The Kier molecular flexibility index (Phi) is 8.48. The molecule has 1 aliphatic rings. The van der Waals surface area contributed by atoms with E-state index < -0.39 is 0 Å². The van der Waals surface area contributed by atoms with Gasteiger partial charge in [0.05, 0.1) is 0 Å². The maximum Gasteiger partial charge on any atom is 0.122 e. The van der Waals surface area contributed by atoms with Gasteiger partial charge in [-0.3, -0.25) is 0 Å². The number of fused-ring (bicyclic) bond motifs is 8. The number of phenolic OH excluding ortho intramolecular Hbond substituents is 4. The van der Waals surface area contributed by atoms with Crippen LogP contribution in [0.5, 0.6) is 23.0 Å². The van der Waals surface area contributed by atoms with Crippen molar-refractivity contribution in [3.8, 4) is 23.0 Å². The molecule has 0 amide bonds. The van der Waals surface area contributed by atoms with E-state index in [0.717, 1.165) is 44.8 Å². The van der Waals surface area contributed by atoms with Crippen LogP contribution in [0.4, 0.5) is 11.4 Å². The second-order valence-electron chi connectivity index (χ2n) is 15.5. The van der Waals surface area contributed by atoms with Crippen LogP contribution >= 0.6 is 0 Å². The largest absolute Gasteiger partial charge is 0.507 e. The lowest BCUT2D eigenvalue weighted by atomic mass is 9.81. The molecule has 0 saturated heterocycles. The fraction of sp³-hybridized carbons (Fsp3) is 0.400. The zero-order valence-corrected chi connectivity index (χ0v) is 29.1. The minimum Gasteiger partial charge on any atom is -0.507 e. The Morgan fingerprint density at radius 1 is 0.391 bits per heavy atom. The molecular formula is C40H50N2O4. The van der Waals surface area contributed by atoms with Gasteiger partial charge in [0.25, 0.3) is 0 Å². The smallest absolute Gasteiger partial charge is 0.122 e. The van der Waals surface area contributed by atoms with Crippen molar-refractivity contribution in [2.45, 2.75) is 78.1 Å². The molecular weight excluding hydrogens is 572 g/mol. The topological polar surface area (TPSA) is 87.4 Å². The first-order valence-corrected chi connectivity index (χ1v) is 16.1. The van der Waals surface area contributed by atoms with E-state index in [-0.39, 0.29) is 33.8 Å². The van der Waals surface area contributed by atoms with Gasteiger partial charge in [-0.05, 0) is 68.5 Å². The van der Waals surface area contributed by atoms with E-state index in [4.69, 9.17) is 0 Å². The summed E-state index contributed by atoms with van der Waals surface area (Å²) in [5.74, 6) is 0.677. The molecule has 0 atom stereocenters. The Bertz CT molecular complexity index is 1580. The summed E-state index contributed by atoms with van der Waals surface area (Å²) in [5, 5.41) is 47.1. The Labute approximate surface area is 274 Å². The average Bonchev–Trinajstić information content (AvgIpc) is 2.94. The number of phenols is 4. The molecule has 46 heavy (non-hydrogen) atoms. The van der Waals surface area contributed by atoms with Crippen LogP contribution in [0.15, 0.2) is 48.5 Å². The third kappa shape index (κ3) is 6.48. The van der Waals surface area contributed by atoms with E-state index in [9.17, 15) is 20.4 Å². The molecule has 4 N–H and O–H groups in total. The van der Waals surface area contributed by atoms with Gasteiger partial charge < -0.3 is 30.2 Å². The number of hydrogen-bond donors (Lipinski definition) is 4. The second kappa shape index (κ2) is 11.8. The summed E-state index contributed by atoms with van der Waals surface area (Å²) in [6.45, 7) is 12.9. The monoisotopic (exact) mass is 622 g/mol. The molecule has 5 rings (SSSR count). The predicted octanol–water partition coefficient (Wildman–Crippen LogP) is 7.91. The molecule has 0 radical (unpaired) electrons. The van der Waals surface area contributed by atoms with Crippen molar-refractivity contribution in [3.05, 3.63) is 104 Å². The Hall–Kier alpha value is -4.32. The molecule has 0 fully saturated rings. The lowest BCUT2D eigenvalue weighted by Gasteiger charge is -2.25. The first-order valence-electron chi connectivity index (χ1n) is 16.1. The van der Waals surface area contributed by atoms with E-state index in [2.05, 4.69) is 41.5 Å². The van der Waals surface area contributed by atoms with Crippen molar-refractivity contribution in [2.75, 3.05) is 38.0 Å². The summed E-state index contributed by atoms with van der Waals surface area (Å²) in [6, 6.07) is 16.0. The molecule has 0 saturated carbocycles. The highest BCUT2D eigenvalue weighted by Gasteiger charge is 2.25. The number of benzene rings is 4. The number of rotatable bonds is 2. The summed E-state index contributed by atoms with van der Waals surface area (Å²) >= 11 is 0. The van der Waals surface area contributed by atoms with Gasteiger partial charge in [0.1, 0.15) is 23.0 Å². The first kappa shape index (κ1) is 33.1. The Morgan fingerprint density at radius 2 is 0.587 bits per heavy atom. The van der Waals surface area contributed by atoms with Crippen molar-refractivity contribution >= 4 is 11.4 Å². The van der Waals surface area contributed by atoms with Gasteiger partial charge in [-0.15, -0.1) is 0 Å². The normalized spacial score (nSPS) is 13.4. The fourth-order valence-corrected chi connectivity index (χ4v) is 6.28. The minimum atomic E-state index is -0.194. The van der Waals surface area contributed by atoms with Crippen LogP contribution in [0.3, 0.4) is 0 Å². The molecule has 0 heterocycles. The third-order valence-corrected chi connectivity index (χ3v) is 9.33. The highest BCUT2D eigenvalue weighted by molar-refractivity contribution is 5.63. The highest BCUT2D eigenvalue weighted by Crippen LogP contribution is 2.42. The van der Waals surface area contributed by atoms with Crippen molar-refractivity contribution in [2.24, 2.45) is 0 Å². The van der Waals surface area contributed by atoms with Gasteiger partial charge in [0.15, 0.2) is 0 Å². The van der Waals surface area contributed by atoms with Crippen LogP contribution in [-0.2, 0) is 36.5 Å². The molecule has 0 aliphatic heterocycles. The van der Waals surface area contributed by atoms with Gasteiger partial charge in [0.2, 0.25) is 0 Å². The fourth-order valence-electron chi connectivity index (χ4n) is 6.28. The van der Waals surface area contributed by atoms with Gasteiger partial charge >= 0.3 is 0 Å². The summed E-state index contributed by atoms with van der Waals surface area (Å²) in [5.41, 5.74) is 9.28. The molecule has 0 aromatic heterocycles. The third-order valence-electron chi connectivity index (χ3n) is 9.33. The van der Waals surface area contributed by atoms with Crippen molar-refractivity contribution in [1.82, 2.24) is 0 Å². The van der Waals surface area contributed by atoms with Crippen LogP contribution in [0.1, 0.15) is 97.2 Å². The summed E-state index contributed by atoms with van der Waals surface area (Å²) < 4.78 is 0. The van der Waals surface area contributed by atoms with Gasteiger partial charge in [0, 0.05) is 87.5 Å². The molecule has 244 valence electrons. The molecule has 6 heteroatoms. The quantitative estimate of drug-likeness (QED) is 0.160. The molecule has 0 spiro atoms. The first-order chi connectivity index (χ1) is 21.3. The number of anilines is 2. The predicted molar refractivity (Wildman–Crippen MR) is 190 cm³/mol. The standard InChI is InChI=1S/C40H50N2O4/c1-39(2,3)31-15-23-11-27-19-33(41(7)8)21-29(37(27)45)13-25-17-32(40(4,5)6)18-26(36(25)44)14-30-22-34(42(9)10)20-28(38(30)46)12-24(16-31)35(23)43/h15-22,43-46H,11-14H2,1-10H3. The zero-order chi connectivity index (χ0) is 33.9. The number of aromatic hydroxyl groups is 4. The van der Waals surface area contributed by atoms with Gasteiger partial charge in [-0.2, -0.15) is 0 Å². The maximum absolute atomic E-state index is 11.8. The van der Waals surface area contributed by atoms with E-state index in [1.54, 1.807) is 0 Å². The molecule has 8 bridgehead atoms. The number of nitrogens with zero attached hydrogens (tertiary/aromatic N) is 2. The van der Waals surface area contributed by atoms with Crippen molar-refractivity contribution < 1.29 is 20.4 Å². The Morgan fingerprint density at radius 3 is 0.761 bits per heavy atom. The van der Waals surface area contributed by atoms with Crippen LogP contribution in [0.2, 0.25) is 0 Å². The molecule has 1 aliphatic carbocycles.